The second-order valence-electron chi connectivity index (χ2n) is 5.93. The molecule has 27 heavy (non-hydrogen) atoms. The van der Waals surface area contributed by atoms with Crippen molar-refractivity contribution in [1.29, 1.82) is 0 Å². The summed E-state index contributed by atoms with van der Waals surface area (Å²) in [5.41, 5.74) is 1.80. The van der Waals surface area contributed by atoms with Crippen molar-refractivity contribution in [2.75, 3.05) is 7.11 Å². The Kier molecular flexibility index (Phi) is 6.18. The largest absolute Gasteiger partial charge is 0.496 e. The number of ether oxygens (including phenoxy) is 1. The summed E-state index contributed by atoms with van der Waals surface area (Å²) in [7, 11) is 1.61. The number of aryl methyl sites for hydroxylation is 1. The monoisotopic (exact) mass is 430 g/mol. The second kappa shape index (κ2) is 8.77. The maximum absolute atomic E-state index is 12.2. The van der Waals surface area contributed by atoms with Crippen molar-refractivity contribution in [2.45, 2.75) is 25.8 Å². The number of aromatic nitrogens is 3. The molecule has 0 bridgehead atoms. The zero-order valence-corrected chi connectivity index (χ0v) is 16.6. The van der Waals surface area contributed by atoms with Gasteiger partial charge < -0.3 is 14.6 Å². The van der Waals surface area contributed by atoms with Crippen LogP contribution in [0.15, 0.2) is 51.7 Å². The number of hydrogen-bond donors (Lipinski definition) is 1. The topological polar surface area (TPSA) is 90.1 Å². The van der Waals surface area contributed by atoms with Crippen LogP contribution in [0.4, 0.5) is 0 Å². The Hall–Kier alpha value is -2.74. The fourth-order valence-electron chi connectivity index (χ4n) is 2.54. The van der Waals surface area contributed by atoms with Gasteiger partial charge >= 0.3 is 0 Å². The Balaban J connectivity index is 1.54. The lowest BCUT2D eigenvalue weighted by atomic mass is 10.1. The van der Waals surface area contributed by atoms with Crippen molar-refractivity contribution in [1.82, 2.24) is 20.4 Å². The van der Waals surface area contributed by atoms with E-state index in [1.54, 1.807) is 31.6 Å². The summed E-state index contributed by atoms with van der Waals surface area (Å²) in [6, 6.07) is 9.19. The zero-order chi connectivity index (χ0) is 19.2. The van der Waals surface area contributed by atoms with Crippen molar-refractivity contribution in [2.24, 2.45) is 0 Å². The second-order valence-corrected chi connectivity index (χ2v) is 6.79. The first kappa shape index (κ1) is 19.0. The van der Waals surface area contributed by atoms with Crippen LogP contribution in [0.3, 0.4) is 0 Å². The van der Waals surface area contributed by atoms with Crippen LogP contribution < -0.4 is 10.1 Å². The first-order valence-electron chi connectivity index (χ1n) is 8.42. The standard InChI is InChI=1S/C19H19BrN4O3/c1-12(14-3-4-16(26-2)15(20)11-14)22-17(25)5-6-18-23-19(24-27-18)13-7-9-21-10-8-13/h3-4,7-12H,5-6H2,1-2H3,(H,22,25). The van der Waals surface area contributed by atoms with Crippen molar-refractivity contribution >= 4 is 21.8 Å². The lowest BCUT2D eigenvalue weighted by Gasteiger charge is -2.15. The van der Waals surface area contributed by atoms with E-state index < -0.39 is 0 Å². The van der Waals surface area contributed by atoms with Gasteiger partial charge in [0.2, 0.25) is 17.6 Å². The molecule has 0 fully saturated rings. The molecule has 0 aliphatic rings. The Morgan fingerprint density at radius 3 is 2.78 bits per heavy atom. The Bertz CT molecular complexity index is 914. The number of carbonyl (C=O) groups excluding carboxylic acids is 1. The SMILES string of the molecule is COc1ccc(C(C)NC(=O)CCc2nc(-c3ccncc3)no2)cc1Br. The van der Waals surface area contributed by atoms with E-state index in [2.05, 4.69) is 36.4 Å². The summed E-state index contributed by atoms with van der Waals surface area (Å²) < 4.78 is 11.3. The number of amides is 1. The maximum atomic E-state index is 12.2. The third-order valence-corrected chi connectivity index (χ3v) is 4.65. The fraction of sp³-hybridized carbons (Fsp3) is 0.263. The van der Waals surface area contributed by atoms with Gasteiger partial charge in [0, 0.05) is 30.8 Å². The number of carbonyl (C=O) groups is 1. The van der Waals surface area contributed by atoms with E-state index in [-0.39, 0.29) is 18.4 Å². The van der Waals surface area contributed by atoms with Gasteiger partial charge in [-0.3, -0.25) is 9.78 Å². The van der Waals surface area contributed by atoms with Crippen LogP contribution in [0, 0.1) is 0 Å². The van der Waals surface area contributed by atoms with Gasteiger partial charge in [-0.15, -0.1) is 0 Å². The lowest BCUT2D eigenvalue weighted by molar-refractivity contribution is -0.121. The van der Waals surface area contributed by atoms with E-state index in [1.807, 2.05) is 25.1 Å². The molecular weight excluding hydrogens is 412 g/mol. The average Bonchev–Trinajstić information content (AvgIpc) is 3.16. The normalized spacial score (nSPS) is 11.8. The van der Waals surface area contributed by atoms with Crippen LogP contribution >= 0.6 is 15.9 Å². The van der Waals surface area contributed by atoms with Gasteiger partial charge in [0.25, 0.3) is 0 Å². The van der Waals surface area contributed by atoms with Crippen LogP contribution in [0.5, 0.6) is 5.75 Å². The van der Waals surface area contributed by atoms with Crippen LogP contribution in [0.1, 0.15) is 30.8 Å². The Morgan fingerprint density at radius 1 is 1.30 bits per heavy atom. The third kappa shape index (κ3) is 4.91. The summed E-state index contributed by atoms with van der Waals surface area (Å²) in [4.78, 5) is 20.5. The molecule has 3 aromatic rings. The predicted octanol–water partition coefficient (Wildman–Crippen LogP) is 3.71. The molecule has 1 unspecified atom stereocenters. The highest BCUT2D eigenvalue weighted by Gasteiger charge is 2.14. The van der Waals surface area contributed by atoms with Gasteiger partial charge in [-0.2, -0.15) is 4.98 Å². The van der Waals surface area contributed by atoms with Gasteiger partial charge in [-0.05, 0) is 52.7 Å². The number of nitrogens with zero attached hydrogens (tertiary/aromatic N) is 3. The third-order valence-electron chi connectivity index (χ3n) is 4.03. The highest BCUT2D eigenvalue weighted by Crippen LogP contribution is 2.28. The highest BCUT2D eigenvalue weighted by molar-refractivity contribution is 9.10. The van der Waals surface area contributed by atoms with Gasteiger partial charge in [0.05, 0.1) is 17.6 Å². The predicted molar refractivity (Wildman–Crippen MR) is 103 cm³/mol. The quantitative estimate of drug-likeness (QED) is 0.614. The van der Waals surface area contributed by atoms with Gasteiger partial charge in [0.15, 0.2) is 0 Å². The summed E-state index contributed by atoms with van der Waals surface area (Å²) in [6.07, 6.45) is 3.97. The fourth-order valence-corrected chi connectivity index (χ4v) is 3.10. The molecular formula is C19H19BrN4O3. The van der Waals surface area contributed by atoms with Gasteiger partial charge in [-0.1, -0.05) is 11.2 Å². The number of halogens is 1. The van der Waals surface area contributed by atoms with Crippen molar-refractivity contribution in [3.05, 3.63) is 58.7 Å². The minimum Gasteiger partial charge on any atom is -0.496 e. The number of hydrogen-bond acceptors (Lipinski definition) is 6. The number of methoxy groups -OCH3 is 1. The first-order chi connectivity index (χ1) is 13.1. The van der Waals surface area contributed by atoms with Crippen molar-refractivity contribution in [3.8, 4) is 17.1 Å². The molecule has 1 atom stereocenters. The van der Waals surface area contributed by atoms with Crippen LogP contribution in [-0.2, 0) is 11.2 Å². The number of nitrogens with one attached hydrogen (secondary N) is 1. The number of pyridine rings is 1. The molecule has 0 aliphatic heterocycles. The summed E-state index contributed by atoms with van der Waals surface area (Å²) >= 11 is 3.46. The molecule has 8 heteroatoms. The van der Waals surface area contributed by atoms with Crippen LogP contribution in [0.2, 0.25) is 0 Å². The van der Waals surface area contributed by atoms with E-state index in [9.17, 15) is 4.79 Å². The van der Waals surface area contributed by atoms with Crippen LogP contribution in [0.25, 0.3) is 11.4 Å². The molecule has 0 saturated carbocycles. The average molecular weight is 431 g/mol. The molecule has 7 nitrogen and oxygen atoms in total. The molecule has 3 rings (SSSR count). The molecule has 1 aromatic carbocycles. The maximum Gasteiger partial charge on any atom is 0.227 e. The Morgan fingerprint density at radius 2 is 2.07 bits per heavy atom. The van der Waals surface area contributed by atoms with E-state index in [0.717, 1.165) is 21.3 Å². The minimum atomic E-state index is -0.130. The summed E-state index contributed by atoms with van der Waals surface area (Å²) in [6.45, 7) is 1.93. The molecule has 140 valence electrons. The molecule has 2 heterocycles. The highest BCUT2D eigenvalue weighted by atomic mass is 79.9. The smallest absolute Gasteiger partial charge is 0.227 e. The molecule has 2 aromatic heterocycles. The van der Waals surface area contributed by atoms with Gasteiger partial charge in [-0.25, -0.2) is 0 Å². The van der Waals surface area contributed by atoms with E-state index in [4.69, 9.17) is 9.26 Å². The molecule has 0 saturated heterocycles. The molecule has 1 amide bonds. The van der Waals surface area contributed by atoms with Gasteiger partial charge in [0.1, 0.15) is 5.75 Å². The van der Waals surface area contributed by atoms with Crippen molar-refractivity contribution in [3.63, 3.8) is 0 Å². The van der Waals surface area contributed by atoms with E-state index in [0.29, 0.717) is 18.1 Å². The molecule has 1 N–H and O–H groups in total. The molecule has 0 aliphatic carbocycles. The molecule has 0 spiro atoms. The van der Waals surface area contributed by atoms with E-state index >= 15 is 0 Å². The van der Waals surface area contributed by atoms with E-state index in [1.165, 1.54) is 0 Å². The number of benzene rings is 1. The Labute approximate surface area is 165 Å². The van der Waals surface area contributed by atoms with Crippen molar-refractivity contribution < 1.29 is 14.1 Å². The minimum absolute atomic E-state index is 0.0851. The number of rotatable bonds is 7. The van der Waals surface area contributed by atoms with Crippen LogP contribution in [-0.4, -0.2) is 28.1 Å². The first-order valence-corrected chi connectivity index (χ1v) is 9.22. The summed E-state index contributed by atoms with van der Waals surface area (Å²) in [5, 5.41) is 6.91. The zero-order valence-electron chi connectivity index (χ0n) is 15.0. The molecule has 0 radical (unpaired) electrons. The summed E-state index contributed by atoms with van der Waals surface area (Å²) in [5.74, 6) is 1.58. The lowest BCUT2D eigenvalue weighted by Crippen LogP contribution is -2.26.